The van der Waals surface area contributed by atoms with E-state index in [-0.39, 0.29) is 0 Å². The molecule has 66 valence electrons. The molecule has 0 aromatic carbocycles. The van der Waals surface area contributed by atoms with Crippen molar-refractivity contribution in [2.45, 2.75) is 6.92 Å². The lowest BCUT2D eigenvalue weighted by Gasteiger charge is -2.07. The summed E-state index contributed by atoms with van der Waals surface area (Å²) < 4.78 is 0. The predicted molar refractivity (Wildman–Crippen MR) is 49.2 cm³/mol. The van der Waals surface area contributed by atoms with E-state index in [2.05, 4.69) is 25.8 Å². The first-order chi connectivity index (χ1) is 5.86. The molecule has 0 fully saturated rings. The molecule has 3 N–H and O–H groups in total. The summed E-state index contributed by atoms with van der Waals surface area (Å²) in [5.41, 5.74) is 0. The molecule has 0 saturated carbocycles. The molecule has 0 aliphatic carbocycles. The summed E-state index contributed by atoms with van der Waals surface area (Å²) >= 11 is 0. The maximum absolute atomic E-state index is 4.00. The number of nitrogens with zero attached hydrogens (tertiary/aromatic N) is 2. The van der Waals surface area contributed by atoms with Crippen LogP contribution in [0, 0.1) is 0 Å². The maximum Gasteiger partial charge on any atom is 0.196 e. The highest BCUT2D eigenvalue weighted by Gasteiger charge is 1.96. The number of aliphatic imine (C=N–C) groups is 1. The summed E-state index contributed by atoms with van der Waals surface area (Å²) in [6.07, 6.45) is 1.68. The molecule has 12 heavy (non-hydrogen) atoms. The van der Waals surface area contributed by atoms with Gasteiger partial charge in [-0.2, -0.15) is 5.10 Å². The van der Waals surface area contributed by atoms with E-state index >= 15 is 0 Å². The molecule has 5 heteroatoms. The zero-order valence-electron chi connectivity index (χ0n) is 7.26. The molecule has 0 amide bonds. The Morgan fingerprint density at radius 3 is 3.08 bits per heavy atom. The van der Waals surface area contributed by atoms with E-state index < -0.39 is 0 Å². The lowest BCUT2D eigenvalue weighted by molar-refractivity contribution is 0.955. The Kier molecular flexibility index (Phi) is 3.13. The van der Waals surface area contributed by atoms with Crippen molar-refractivity contribution in [2.75, 3.05) is 18.9 Å². The van der Waals surface area contributed by atoms with E-state index in [1.165, 1.54) is 0 Å². The van der Waals surface area contributed by atoms with Gasteiger partial charge in [0.1, 0.15) is 5.82 Å². The van der Waals surface area contributed by atoms with Crippen LogP contribution in [0.15, 0.2) is 17.3 Å². The Bertz CT molecular complexity index is 238. The molecule has 5 nitrogen and oxygen atoms in total. The first-order valence-electron chi connectivity index (χ1n) is 3.84. The minimum atomic E-state index is 0.738. The molecular formula is C7H13N5. The molecule has 1 aromatic heterocycles. The molecule has 0 bridgehead atoms. The van der Waals surface area contributed by atoms with Gasteiger partial charge in [0.05, 0.1) is 6.20 Å². The van der Waals surface area contributed by atoms with Crippen LogP contribution in [0.1, 0.15) is 6.92 Å². The Labute approximate surface area is 71.3 Å². The molecule has 0 radical (unpaired) electrons. The average molecular weight is 167 g/mol. The van der Waals surface area contributed by atoms with Crippen molar-refractivity contribution in [2.24, 2.45) is 4.99 Å². The molecule has 1 aromatic rings. The highest BCUT2D eigenvalue weighted by molar-refractivity contribution is 5.92. The number of nitrogens with one attached hydrogen (secondary N) is 3. The number of rotatable bonds is 2. The standard InChI is InChI=1S/C7H13N5/c1-3-9-7(8-2)11-6-4-5-10-12-6/h4-5H,3H2,1-2H3,(H3,8,9,10,11,12). The lowest BCUT2D eigenvalue weighted by atomic mass is 10.6. The van der Waals surface area contributed by atoms with Crippen LogP contribution in [0.3, 0.4) is 0 Å². The van der Waals surface area contributed by atoms with Gasteiger partial charge in [-0.15, -0.1) is 0 Å². The van der Waals surface area contributed by atoms with Crippen LogP contribution in [-0.2, 0) is 0 Å². The third-order valence-electron chi connectivity index (χ3n) is 1.32. The number of anilines is 1. The summed E-state index contributed by atoms with van der Waals surface area (Å²) in [6, 6.07) is 1.84. The van der Waals surface area contributed by atoms with Gasteiger partial charge in [-0.25, -0.2) is 0 Å². The Hall–Kier alpha value is -1.52. The molecule has 1 rings (SSSR count). The van der Waals surface area contributed by atoms with Gasteiger partial charge in [0.25, 0.3) is 0 Å². The summed E-state index contributed by atoms with van der Waals surface area (Å²) in [4.78, 5) is 4.00. The quantitative estimate of drug-likeness (QED) is 0.441. The van der Waals surface area contributed by atoms with Crippen LogP contribution in [0.2, 0.25) is 0 Å². The normalized spacial score (nSPS) is 11.3. The third-order valence-corrected chi connectivity index (χ3v) is 1.32. The van der Waals surface area contributed by atoms with Gasteiger partial charge in [0.2, 0.25) is 0 Å². The second-order valence-corrected chi connectivity index (χ2v) is 2.20. The van der Waals surface area contributed by atoms with Crippen LogP contribution in [0.25, 0.3) is 0 Å². The van der Waals surface area contributed by atoms with Crippen molar-refractivity contribution in [3.05, 3.63) is 12.3 Å². The molecule has 0 saturated heterocycles. The topological polar surface area (TPSA) is 65.1 Å². The number of aromatic amines is 1. The third kappa shape index (κ3) is 2.26. The van der Waals surface area contributed by atoms with Crippen LogP contribution in [-0.4, -0.2) is 29.7 Å². The van der Waals surface area contributed by atoms with E-state index in [0.29, 0.717) is 0 Å². The summed E-state index contributed by atoms with van der Waals surface area (Å²) in [6.45, 7) is 2.85. The minimum absolute atomic E-state index is 0.738. The van der Waals surface area contributed by atoms with E-state index in [0.717, 1.165) is 18.3 Å². The average Bonchev–Trinajstić information content (AvgIpc) is 2.56. The monoisotopic (exact) mass is 167 g/mol. The fraction of sp³-hybridized carbons (Fsp3) is 0.429. The Morgan fingerprint density at radius 1 is 1.75 bits per heavy atom. The van der Waals surface area contributed by atoms with E-state index in [4.69, 9.17) is 0 Å². The van der Waals surface area contributed by atoms with Crippen molar-refractivity contribution < 1.29 is 0 Å². The van der Waals surface area contributed by atoms with Crippen molar-refractivity contribution in [1.29, 1.82) is 0 Å². The minimum Gasteiger partial charge on any atom is -0.356 e. The van der Waals surface area contributed by atoms with Crippen molar-refractivity contribution in [3.8, 4) is 0 Å². The number of hydrogen-bond donors (Lipinski definition) is 3. The van der Waals surface area contributed by atoms with Gasteiger partial charge in [-0.3, -0.25) is 10.1 Å². The Morgan fingerprint density at radius 2 is 2.58 bits per heavy atom. The van der Waals surface area contributed by atoms with Gasteiger partial charge in [0.15, 0.2) is 5.96 Å². The van der Waals surface area contributed by atoms with E-state index in [1.807, 2.05) is 13.0 Å². The van der Waals surface area contributed by atoms with Crippen molar-refractivity contribution in [1.82, 2.24) is 15.5 Å². The second-order valence-electron chi connectivity index (χ2n) is 2.20. The van der Waals surface area contributed by atoms with E-state index in [9.17, 15) is 0 Å². The molecule has 0 spiro atoms. The Balaban J connectivity index is 2.49. The van der Waals surface area contributed by atoms with Crippen LogP contribution >= 0.6 is 0 Å². The number of hydrogen-bond acceptors (Lipinski definition) is 2. The predicted octanol–water partition coefficient (Wildman–Crippen LogP) is 0.417. The highest BCUT2D eigenvalue weighted by atomic mass is 15.2. The van der Waals surface area contributed by atoms with Gasteiger partial charge in [-0.05, 0) is 6.92 Å². The SMILES string of the molecule is CCNC(=NC)Nc1ccn[nH]1. The van der Waals surface area contributed by atoms with Gasteiger partial charge < -0.3 is 10.6 Å². The van der Waals surface area contributed by atoms with Gasteiger partial charge in [0, 0.05) is 19.7 Å². The zero-order valence-corrected chi connectivity index (χ0v) is 7.26. The number of H-pyrrole nitrogens is 1. The van der Waals surface area contributed by atoms with Crippen molar-refractivity contribution >= 4 is 11.8 Å². The molecule has 0 unspecified atom stereocenters. The number of aromatic nitrogens is 2. The number of guanidine groups is 1. The van der Waals surface area contributed by atoms with Crippen molar-refractivity contribution in [3.63, 3.8) is 0 Å². The maximum atomic E-state index is 4.00. The van der Waals surface area contributed by atoms with E-state index in [1.54, 1.807) is 13.2 Å². The molecule has 0 aliphatic rings. The zero-order chi connectivity index (χ0) is 8.81. The fourth-order valence-electron chi connectivity index (χ4n) is 0.800. The largest absolute Gasteiger partial charge is 0.356 e. The smallest absolute Gasteiger partial charge is 0.196 e. The first-order valence-corrected chi connectivity index (χ1v) is 3.84. The molecule has 0 atom stereocenters. The molecule has 1 heterocycles. The van der Waals surface area contributed by atoms with Gasteiger partial charge in [-0.1, -0.05) is 0 Å². The van der Waals surface area contributed by atoms with Crippen LogP contribution in [0.5, 0.6) is 0 Å². The summed E-state index contributed by atoms with van der Waals surface area (Å²) in [5.74, 6) is 1.57. The second kappa shape index (κ2) is 4.38. The summed E-state index contributed by atoms with van der Waals surface area (Å²) in [5, 5.41) is 12.7. The highest BCUT2D eigenvalue weighted by Crippen LogP contribution is 1.96. The van der Waals surface area contributed by atoms with Crippen LogP contribution in [0.4, 0.5) is 5.82 Å². The van der Waals surface area contributed by atoms with Crippen LogP contribution < -0.4 is 10.6 Å². The lowest BCUT2D eigenvalue weighted by Crippen LogP contribution is -2.30. The first kappa shape index (κ1) is 8.58. The molecule has 0 aliphatic heterocycles. The molecular weight excluding hydrogens is 154 g/mol. The summed E-state index contributed by atoms with van der Waals surface area (Å²) in [7, 11) is 1.72. The fourth-order valence-corrected chi connectivity index (χ4v) is 0.800. The van der Waals surface area contributed by atoms with Gasteiger partial charge >= 0.3 is 0 Å².